The Bertz CT molecular complexity index is 1060. The van der Waals surface area contributed by atoms with Gasteiger partial charge in [-0.05, 0) is 0 Å². The second-order valence-electron chi connectivity index (χ2n) is 6.67. The quantitative estimate of drug-likeness (QED) is 0.414. The molecule has 2 aliphatic rings. The number of allylic oxidation sites excluding steroid dienone is 2. The number of nitrogens with one attached hydrogen (secondary N) is 1. The summed E-state index contributed by atoms with van der Waals surface area (Å²) >= 11 is 0. The molecule has 0 bridgehead atoms. The number of fused-ring (bicyclic) bond motifs is 1. The molecule has 2 aliphatic heterocycles. The van der Waals surface area contributed by atoms with Gasteiger partial charge in [0.2, 0.25) is 5.95 Å². The first-order chi connectivity index (χ1) is 14.0. The lowest BCUT2D eigenvalue weighted by Gasteiger charge is -2.21. The molecule has 12 heteroatoms. The van der Waals surface area contributed by atoms with Gasteiger partial charge in [0.1, 0.15) is 30.9 Å². The van der Waals surface area contributed by atoms with Gasteiger partial charge in [-0.15, -0.1) is 0 Å². The molecule has 12 nitrogen and oxygen atoms in total. The molecule has 152 valence electrons. The van der Waals surface area contributed by atoms with Crippen LogP contribution in [0, 0.1) is 0 Å². The summed E-state index contributed by atoms with van der Waals surface area (Å²) in [5, 5.41) is 29.5. The highest BCUT2D eigenvalue weighted by atomic mass is 16.6. The normalized spacial score (nSPS) is 27.1. The molecule has 0 amide bonds. The van der Waals surface area contributed by atoms with Crippen molar-refractivity contribution >= 4 is 29.7 Å². The number of aldehydes is 2. The third kappa shape index (κ3) is 3.17. The van der Waals surface area contributed by atoms with Crippen molar-refractivity contribution in [3.63, 3.8) is 0 Å². The summed E-state index contributed by atoms with van der Waals surface area (Å²) in [4.78, 5) is 46.9. The Morgan fingerprint density at radius 1 is 1.21 bits per heavy atom. The van der Waals surface area contributed by atoms with E-state index in [2.05, 4.69) is 15.0 Å². The first kappa shape index (κ1) is 19.1. The molecular formula is C17H17N5O7. The van der Waals surface area contributed by atoms with E-state index in [-0.39, 0.29) is 23.5 Å². The van der Waals surface area contributed by atoms with Crippen LogP contribution in [0.4, 0.5) is 5.95 Å². The summed E-state index contributed by atoms with van der Waals surface area (Å²) in [5.74, 6) is 0.00870. The predicted molar refractivity (Wildman–Crippen MR) is 96.5 cm³/mol. The number of carbonyl (C=O) groups is 2. The number of nitrogens with zero attached hydrogens (tertiary/aromatic N) is 4. The lowest BCUT2D eigenvalue weighted by Crippen LogP contribution is -2.33. The van der Waals surface area contributed by atoms with Crippen LogP contribution in [0.5, 0.6) is 0 Å². The number of aromatic nitrogens is 4. The maximum atomic E-state index is 12.5. The monoisotopic (exact) mass is 403 g/mol. The van der Waals surface area contributed by atoms with Crippen molar-refractivity contribution in [2.45, 2.75) is 31.0 Å². The fourth-order valence-electron chi connectivity index (χ4n) is 3.32. The maximum Gasteiger partial charge on any atom is 0.280 e. The topological polar surface area (TPSA) is 171 Å². The molecule has 0 aliphatic carbocycles. The third-order valence-corrected chi connectivity index (χ3v) is 4.78. The van der Waals surface area contributed by atoms with Crippen LogP contribution in [-0.4, -0.2) is 72.3 Å². The Morgan fingerprint density at radius 2 is 1.90 bits per heavy atom. The van der Waals surface area contributed by atoms with Crippen LogP contribution in [0.15, 0.2) is 34.7 Å². The third-order valence-electron chi connectivity index (χ3n) is 4.78. The van der Waals surface area contributed by atoms with Crippen LogP contribution >= 0.6 is 0 Å². The van der Waals surface area contributed by atoms with Crippen LogP contribution in [0.3, 0.4) is 0 Å². The first-order valence-corrected chi connectivity index (χ1v) is 8.66. The smallest absolute Gasteiger partial charge is 0.280 e. The summed E-state index contributed by atoms with van der Waals surface area (Å²) < 4.78 is 6.75. The van der Waals surface area contributed by atoms with E-state index in [1.807, 2.05) is 0 Å². The van der Waals surface area contributed by atoms with Gasteiger partial charge in [-0.25, -0.2) is 4.98 Å². The SMILES string of the molecule is O=CC1=CN(c2nc3c(ncn3[C@@H]3O[C@H](CO)[C@@H](O)[C@H]3O)c(=O)[nH]2)C=C(C=O)C1. The van der Waals surface area contributed by atoms with Crippen molar-refractivity contribution in [1.82, 2.24) is 19.5 Å². The number of ether oxygens (including phenoxy) is 1. The number of hydrogen-bond acceptors (Lipinski definition) is 10. The van der Waals surface area contributed by atoms with Crippen molar-refractivity contribution in [2.24, 2.45) is 0 Å². The zero-order chi connectivity index (χ0) is 20.7. The molecule has 0 spiro atoms. The van der Waals surface area contributed by atoms with E-state index in [0.29, 0.717) is 23.7 Å². The van der Waals surface area contributed by atoms with Crippen LogP contribution in [-0.2, 0) is 14.3 Å². The van der Waals surface area contributed by atoms with E-state index >= 15 is 0 Å². The minimum Gasteiger partial charge on any atom is -0.394 e. The Balaban J connectivity index is 1.80. The lowest BCUT2D eigenvalue weighted by atomic mass is 10.1. The van der Waals surface area contributed by atoms with Gasteiger partial charge < -0.3 is 20.1 Å². The predicted octanol–water partition coefficient (Wildman–Crippen LogP) is -1.89. The number of carbonyl (C=O) groups excluding carboxylic acids is 2. The van der Waals surface area contributed by atoms with E-state index in [4.69, 9.17) is 4.74 Å². The fourth-order valence-corrected chi connectivity index (χ4v) is 3.32. The molecule has 4 rings (SSSR count). The molecule has 0 saturated carbocycles. The molecule has 2 aromatic rings. The second kappa shape index (κ2) is 7.33. The average Bonchev–Trinajstić information content (AvgIpc) is 3.29. The molecule has 0 aromatic carbocycles. The van der Waals surface area contributed by atoms with Crippen molar-refractivity contribution in [1.29, 1.82) is 0 Å². The van der Waals surface area contributed by atoms with Gasteiger partial charge >= 0.3 is 0 Å². The Morgan fingerprint density at radius 3 is 2.48 bits per heavy atom. The van der Waals surface area contributed by atoms with Crippen LogP contribution in [0.1, 0.15) is 12.6 Å². The van der Waals surface area contributed by atoms with Gasteiger partial charge in [0, 0.05) is 30.0 Å². The second-order valence-corrected chi connectivity index (χ2v) is 6.67. The summed E-state index contributed by atoms with van der Waals surface area (Å²) in [7, 11) is 0. The van der Waals surface area contributed by atoms with Gasteiger partial charge in [-0.3, -0.25) is 28.8 Å². The number of anilines is 1. The van der Waals surface area contributed by atoms with Crippen molar-refractivity contribution < 1.29 is 29.6 Å². The van der Waals surface area contributed by atoms with Gasteiger partial charge in [0.15, 0.2) is 17.4 Å². The highest BCUT2D eigenvalue weighted by molar-refractivity contribution is 5.84. The van der Waals surface area contributed by atoms with Gasteiger partial charge in [-0.1, -0.05) is 0 Å². The number of aromatic amines is 1. The van der Waals surface area contributed by atoms with Crippen molar-refractivity contribution in [3.8, 4) is 0 Å². The highest BCUT2D eigenvalue weighted by Crippen LogP contribution is 2.31. The lowest BCUT2D eigenvalue weighted by molar-refractivity contribution is -0.105. The minimum atomic E-state index is -1.38. The van der Waals surface area contributed by atoms with Crippen LogP contribution in [0.2, 0.25) is 0 Å². The zero-order valence-corrected chi connectivity index (χ0v) is 14.9. The number of aliphatic hydroxyl groups is 3. The molecule has 29 heavy (non-hydrogen) atoms. The van der Waals surface area contributed by atoms with E-state index in [1.54, 1.807) is 0 Å². The number of hydrogen-bond donors (Lipinski definition) is 4. The molecule has 4 atom stereocenters. The fraction of sp³-hybridized carbons (Fsp3) is 0.353. The van der Waals surface area contributed by atoms with Crippen LogP contribution < -0.4 is 10.5 Å². The standard InChI is InChI=1S/C17H17N5O7/c23-4-8-1-9(5-24)3-21(2-8)17-19-14-11(15(28)20-17)18-7-22(14)16-13(27)12(26)10(6-25)29-16/h2-5,7,10,12-13,16,25-27H,1,6H2,(H,19,20,28)/t10-,12-,13-,16-/m1/s1. The average molecular weight is 403 g/mol. The summed E-state index contributed by atoms with van der Waals surface area (Å²) in [6.07, 6.45) is 0.601. The van der Waals surface area contributed by atoms with Crippen LogP contribution in [0.25, 0.3) is 11.2 Å². The maximum absolute atomic E-state index is 12.5. The minimum absolute atomic E-state index is 0.00870. The molecule has 2 aromatic heterocycles. The summed E-state index contributed by atoms with van der Waals surface area (Å²) in [6.45, 7) is -0.507. The molecule has 1 saturated heterocycles. The summed E-state index contributed by atoms with van der Waals surface area (Å²) in [5.41, 5.74) is 0.0424. The molecule has 4 N–H and O–H groups in total. The van der Waals surface area contributed by atoms with E-state index < -0.39 is 36.7 Å². The van der Waals surface area contributed by atoms with E-state index in [1.165, 1.54) is 28.2 Å². The molecule has 0 unspecified atom stereocenters. The van der Waals surface area contributed by atoms with Crippen molar-refractivity contribution in [3.05, 3.63) is 40.2 Å². The van der Waals surface area contributed by atoms with E-state index in [9.17, 15) is 29.7 Å². The largest absolute Gasteiger partial charge is 0.394 e. The first-order valence-electron chi connectivity index (χ1n) is 8.66. The van der Waals surface area contributed by atoms with Gasteiger partial charge in [0.05, 0.1) is 12.9 Å². The molecule has 4 heterocycles. The van der Waals surface area contributed by atoms with E-state index in [0.717, 1.165) is 0 Å². The molecular weight excluding hydrogens is 386 g/mol. The highest BCUT2D eigenvalue weighted by Gasteiger charge is 2.44. The Labute approximate surface area is 162 Å². The number of imidazole rings is 1. The Hall–Kier alpha value is -3.19. The van der Waals surface area contributed by atoms with Gasteiger partial charge in [-0.2, -0.15) is 4.98 Å². The molecule has 1 fully saturated rings. The number of rotatable bonds is 5. The number of aliphatic hydroxyl groups excluding tert-OH is 3. The number of H-pyrrole nitrogens is 1. The zero-order valence-electron chi connectivity index (χ0n) is 14.9. The molecule has 0 radical (unpaired) electrons. The van der Waals surface area contributed by atoms with Gasteiger partial charge in [0.25, 0.3) is 5.56 Å². The van der Waals surface area contributed by atoms with Crippen molar-refractivity contribution in [2.75, 3.05) is 11.5 Å². The summed E-state index contributed by atoms with van der Waals surface area (Å²) in [6, 6.07) is 0. The Kier molecular flexibility index (Phi) is 4.84.